The summed E-state index contributed by atoms with van der Waals surface area (Å²) in [6.45, 7) is 1.96. The molecule has 1 aliphatic rings. The Hall–Kier alpha value is -4.13. The van der Waals surface area contributed by atoms with Gasteiger partial charge in [0.1, 0.15) is 11.5 Å². The van der Waals surface area contributed by atoms with Gasteiger partial charge < -0.3 is 14.8 Å². The monoisotopic (exact) mass is 444 g/mol. The molecule has 7 nitrogen and oxygen atoms in total. The van der Waals surface area contributed by atoms with Gasteiger partial charge in [0.25, 0.3) is 5.91 Å². The van der Waals surface area contributed by atoms with E-state index in [1.54, 1.807) is 31.0 Å². The third-order valence-corrected chi connectivity index (χ3v) is 5.60. The Bertz CT molecular complexity index is 1170. The maximum Gasteiger partial charge on any atom is 0.304 e. The highest BCUT2D eigenvalue weighted by molar-refractivity contribution is 5.98. The summed E-state index contributed by atoms with van der Waals surface area (Å²) in [7, 11) is 3.21. The van der Waals surface area contributed by atoms with Gasteiger partial charge in [0.05, 0.1) is 14.2 Å². The van der Waals surface area contributed by atoms with Crippen LogP contribution in [0.25, 0.3) is 0 Å². The number of nitrogens with one attached hydrogen (secondary N) is 2. The zero-order chi connectivity index (χ0) is 23.4. The molecule has 0 bridgehead atoms. The van der Waals surface area contributed by atoms with Crippen LogP contribution in [-0.2, 0) is 4.79 Å². The van der Waals surface area contributed by atoms with Gasteiger partial charge >= 0.3 is 5.91 Å². The first-order valence-electron chi connectivity index (χ1n) is 10.6. The third kappa shape index (κ3) is 4.87. The van der Waals surface area contributed by atoms with Crippen LogP contribution in [0.5, 0.6) is 11.5 Å². The maximum atomic E-state index is 13.0. The van der Waals surface area contributed by atoms with E-state index in [9.17, 15) is 9.59 Å². The van der Waals surface area contributed by atoms with E-state index < -0.39 is 12.1 Å². The van der Waals surface area contributed by atoms with Crippen LogP contribution in [0.2, 0.25) is 0 Å². The van der Waals surface area contributed by atoms with Gasteiger partial charge in [0.15, 0.2) is 6.04 Å². The maximum absolute atomic E-state index is 13.0. The van der Waals surface area contributed by atoms with E-state index >= 15 is 0 Å². The number of hydrazine groups is 1. The SMILES string of the molecule is COc1ccc(/C=[N+]2\NC(=O)[C@H](NC(=O)c3ccc(C)cc3)[C@H]2c2ccc(OC)cc2)cc1. The Kier molecular flexibility index (Phi) is 6.40. The summed E-state index contributed by atoms with van der Waals surface area (Å²) >= 11 is 0. The summed E-state index contributed by atoms with van der Waals surface area (Å²) in [5.41, 5.74) is 6.17. The number of rotatable bonds is 6. The molecular weight excluding hydrogens is 418 g/mol. The van der Waals surface area contributed by atoms with Gasteiger partial charge in [0, 0.05) is 16.7 Å². The smallest absolute Gasteiger partial charge is 0.304 e. The predicted molar refractivity (Wildman–Crippen MR) is 125 cm³/mol. The minimum Gasteiger partial charge on any atom is -0.497 e. The molecule has 2 amide bonds. The number of carbonyl (C=O) groups excluding carboxylic acids is 2. The normalized spacial score (nSPS) is 18.6. The second-order valence-electron chi connectivity index (χ2n) is 7.82. The van der Waals surface area contributed by atoms with E-state index in [1.807, 2.05) is 73.8 Å². The lowest BCUT2D eigenvalue weighted by Gasteiger charge is -2.15. The molecule has 0 unspecified atom stereocenters. The van der Waals surface area contributed by atoms with Crippen molar-refractivity contribution in [3.8, 4) is 11.5 Å². The van der Waals surface area contributed by atoms with Gasteiger partial charge in [-0.25, -0.2) is 0 Å². The molecule has 4 rings (SSSR count). The summed E-state index contributed by atoms with van der Waals surface area (Å²) in [5, 5.41) is 2.91. The molecule has 3 aromatic rings. The minimum atomic E-state index is -0.790. The van der Waals surface area contributed by atoms with Crippen LogP contribution >= 0.6 is 0 Å². The fourth-order valence-electron chi connectivity index (χ4n) is 3.76. The van der Waals surface area contributed by atoms with Crippen LogP contribution in [0.1, 0.15) is 33.1 Å². The second kappa shape index (κ2) is 9.56. The average Bonchev–Trinajstić information content (AvgIpc) is 3.14. The standard InChI is InChI=1S/C26H25N3O4/c1-17-4-8-20(9-5-17)25(30)27-23-24(19-10-14-22(33-3)15-11-19)29(28-26(23)31)16-18-6-12-21(32-2)13-7-18/h4-16,23-24H,1-3H3,(H-,27,28,30,31)/p+1/b29-16-/t23-,24-/m1/s1. The number of aryl methyl sites for hydroxylation is 1. The zero-order valence-electron chi connectivity index (χ0n) is 18.7. The molecule has 1 heterocycles. The van der Waals surface area contributed by atoms with Crippen molar-refractivity contribution in [1.82, 2.24) is 10.7 Å². The lowest BCUT2D eigenvalue weighted by atomic mass is 9.99. The van der Waals surface area contributed by atoms with E-state index in [4.69, 9.17) is 9.47 Å². The van der Waals surface area contributed by atoms with Crippen LogP contribution in [0, 0.1) is 6.92 Å². The third-order valence-electron chi connectivity index (χ3n) is 5.60. The van der Waals surface area contributed by atoms with Crippen molar-refractivity contribution < 1.29 is 23.7 Å². The van der Waals surface area contributed by atoms with Crippen molar-refractivity contribution in [2.75, 3.05) is 14.2 Å². The number of ether oxygens (including phenoxy) is 2. The largest absolute Gasteiger partial charge is 0.497 e. The summed E-state index contributed by atoms with van der Waals surface area (Å²) in [6, 6.07) is 20.9. The number of hydrogen-bond acceptors (Lipinski definition) is 4. The van der Waals surface area contributed by atoms with Crippen molar-refractivity contribution in [3.63, 3.8) is 0 Å². The van der Waals surface area contributed by atoms with Crippen molar-refractivity contribution in [3.05, 3.63) is 95.1 Å². The first-order valence-corrected chi connectivity index (χ1v) is 10.6. The van der Waals surface area contributed by atoms with Crippen molar-refractivity contribution in [2.45, 2.75) is 19.0 Å². The van der Waals surface area contributed by atoms with E-state index in [1.165, 1.54) is 0 Å². The number of hydrazone groups is 1. The summed E-state index contributed by atoms with van der Waals surface area (Å²) < 4.78 is 12.2. The van der Waals surface area contributed by atoms with Crippen LogP contribution in [0.4, 0.5) is 0 Å². The highest BCUT2D eigenvalue weighted by atomic mass is 16.5. The lowest BCUT2D eigenvalue weighted by Crippen LogP contribution is -2.42. The predicted octanol–water partition coefficient (Wildman–Crippen LogP) is 3.03. The average molecular weight is 445 g/mol. The van der Waals surface area contributed by atoms with Crippen molar-refractivity contribution in [1.29, 1.82) is 0 Å². The Morgan fingerprint density at radius 3 is 2.06 bits per heavy atom. The Morgan fingerprint density at radius 2 is 1.48 bits per heavy atom. The molecule has 1 fully saturated rings. The van der Waals surface area contributed by atoms with Gasteiger partial charge in [-0.1, -0.05) is 17.7 Å². The molecule has 0 aliphatic carbocycles. The number of amides is 2. The molecule has 0 aromatic heterocycles. The molecule has 1 saturated heterocycles. The number of methoxy groups -OCH3 is 2. The van der Waals surface area contributed by atoms with Gasteiger partial charge in [-0.3, -0.25) is 9.59 Å². The van der Waals surface area contributed by atoms with Gasteiger partial charge in [-0.05, 0) is 67.6 Å². The molecule has 7 heteroatoms. The highest BCUT2D eigenvalue weighted by Crippen LogP contribution is 2.27. The molecule has 1 aliphatic heterocycles. The quantitative estimate of drug-likeness (QED) is 0.573. The van der Waals surface area contributed by atoms with E-state index in [-0.39, 0.29) is 11.8 Å². The fourth-order valence-corrected chi connectivity index (χ4v) is 3.76. The topological polar surface area (TPSA) is 79.7 Å². The lowest BCUT2D eigenvalue weighted by molar-refractivity contribution is -0.596. The summed E-state index contributed by atoms with van der Waals surface area (Å²) in [6.07, 6.45) is 1.84. The van der Waals surface area contributed by atoms with Crippen LogP contribution in [-0.4, -0.2) is 43.0 Å². The number of hydrogen-bond donors (Lipinski definition) is 2. The van der Waals surface area contributed by atoms with Gasteiger partial charge in [-0.15, -0.1) is 10.1 Å². The summed E-state index contributed by atoms with van der Waals surface area (Å²) in [4.78, 5) is 25.9. The molecule has 33 heavy (non-hydrogen) atoms. The molecular formula is C26H26N3O4+. The summed E-state index contributed by atoms with van der Waals surface area (Å²) in [5.74, 6) is 0.857. The van der Waals surface area contributed by atoms with Crippen LogP contribution < -0.4 is 20.2 Å². The van der Waals surface area contributed by atoms with E-state index in [0.29, 0.717) is 11.3 Å². The van der Waals surface area contributed by atoms with Gasteiger partial charge in [0.2, 0.25) is 12.3 Å². The second-order valence-corrected chi connectivity index (χ2v) is 7.82. The Balaban J connectivity index is 1.68. The molecule has 3 aromatic carbocycles. The molecule has 2 atom stereocenters. The first-order chi connectivity index (χ1) is 16.0. The first kappa shape index (κ1) is 22.1. The molecule has 0 saturated carbocycles. The van der Waals surface area contributed by atoms with Crippen LogP contribution in [0.15, 0.2) is 72.8 Å². The fraction of sp³-hybridized carbons (Fsp3) is 0.192. The highest BCUT2D eigenvalue weighted by Gasteiger charge is 2.47. The van der Waals surface area contributed by atoms with E-state index in [2.05, 4.69) is 10.7 Å². The number of benzene rings is 3. The number of carbonyl (C=O) groups is 2. The minimum absolute atomic E-state index is 0.291. The molecule has 0 radical (unpaired) electrons. The number of nitrogens with zero attached hydrogens (tertiary/aromatic N) is 1. The Morgan fingerprint density at radius 1 is 0.909 bits per heavy atom. The molecule has 2 N–H and O–H groups in total. The zero-order valence-corrected chi connectivity index (χ0v) is 18.7. The van der Waals surface area contributed by atoms with Crippen molar-refractivity contribution in [2.24, 2.45) is 0 Å². The van der Waals surface area contributed by atoms with Gasteiger partial charge in [-0.2, -0.15) is 0 Å². The Labute approximate surface area is 192 Å². The van der Waals surface area contributed by atoms with E-state index in [0.717, 1.165) is 22.4 Å². The van der Waals surface area contributed by atoms with Crippen LogP contribution in [0.3, 0.4) is 0 Å². The molecule has 168 valence electrons. The molecule has 0 spiro atoms. The van der Waals surface area contributed by atoms with Crippen molar-refractivity contribution >= 4 is 18.0 Å².